The van der Waals surface area contributed by atoms with Crippen LogP contribution < -0.4 is 11.0 Å². The van der Waals surface area contributed by atoms with E-state index in [1.54, 1.807) is 12.3 Å². The Morgan fingerprint density at radius 2 is 1.45 bits per heavy atom. The van der Waals surface area contributed by atoms with Crippen molar-refractivity contribution < 1.29 is 28.5 Å². The van der Waals surface area contributed by atoms with E-state index in [9.17, 15) is 9.59 Å². The highest BCUT2D eigenvalue weighted by Gasteiger charge is 2.28. The topological polar surface area (TPSA) is 110 Å². The van der Waals surface area contributed by atoms with Crippen molar-refractivity contribution >= 4 is 11.7 Å². The summed E-state index contributed by atoms with van der Waals surface area (Å²) in [6.07, 6.45) is 8.31. The molecule has 0 bridgehead atoms. The summed E-state index contributed by atoms with van der Waals surface area (Å²) in [7, 11) is 0. The zero-order valence-corrected chi connectivity index (χ0v) is 25.8. The molecule has 0 saturated heterocycles. The maximum atomic E-state index is 13.2. The Bertz CT molecular complexity index is 824. The molecule has 0 aromatic carbocycles. The molecule has 1 aromatic rings. The molecule has 232 valence electrons. The minimum Gasteiger partial charge on any atom is -0.379 e. The summed E-state index contributed by atoms with van der Waals surface area (Å²) < 4.78 is 32.2. The number of nitrogens with zero attached hydrogens (tertiary/aromatic N) is 2. The van der Waals surface area contributed by atoms with Crippen molar-refractivity contribution in [3.8, 4) is 0 Å². The van der Waals surface area contributed by atoms with Crippen LogP contribution in [0, 0.1) is 0 Å². The number of hydrogen-bond donors (Lipinski definition) is 1. The monoisotopic (exact) mass is 569 g/mol. The van der Waals surface area contributed by atoms with Crippen molar-refractivity contribution in [3.05, 3.63) is 22.7 Å². The Morgan fingerprint density at radius 1 is 0.900 bits per heavy atom. The van der Waals surface area contributed by atoms with Crippen LogP contribution in [0.2, 0.25) is 0 Å². The molecule has 1 amide bonds. The van der Waals surface area contributed by atoms with Gasteiger partial charge in [-0.05, 0) is 38.7 Å². The number of hydrogen-bond acceptors (Lipinski definition) is 8. The van der Waals surface area contributed by atoms with E-state index in [4.69, 9.17) is 23.7 Å². The van der Waals surface area contributed by atoms with E-state index in [0.29, 0.717) is 46.1 Å². The smallest absolute Gasteiger partial charge is 0.351 e. The number of amides is 1. The Balaban J connectivity index is 3.26. The van der Waals surface area contributed by atoms with Crippen molar-refractivity contribution in [2.45, 2.75) is 124 Å². The van der Waals surface area contributed by atoms with Crippen LogP contribution in [0.15, 0.2) is 17.1 Å². The predicted molar refractivity (Wildman–Crippen MR) is 158 cm³/mol. The summed E-state index contributed by atoms with van der Waals surface area (Å²) in [5.41, 5.74) is -0.527. The van der Waals surface area contributed by atoms with Crippen LogP contribution in [0.4, 0.5) is 5.82 Å². The molecule has 10 heteroatoms. The lowest BCUT2D eigenvalue weighted by Gasteiger charge is -2.31. The number of aromatic nitrogens is 2. The minimum atomic E-state index is -0.704. The molecule has 1 heterocycles. The molecule has 0 aliphatic heterocycles. The highest BCUT2D eigenvalue weighted by molar-refractivity contribution is 5.87. The van der Waals surface area contributed by atoms with E-state index in [2.05, 4.69) is 38.0 Å². The quantitative estimate of drug-likeness (QED) is 0.154. The molecule has 0 aliphatic carbocycles. The van der Waals surface area contributed by atoms with Gasteiger partial charge in [-0.25, -0.2) is 4.79 Å². The van der Waals surface area contributed by atoms with Gasteiger partial charge >= 0.3 is 5.69 Å². The number of ether oxygens (including phenoxy) is 5. The van der Waals surface area contributed by atoms with Crippen LogP contribution in [-0.2, 0) is 28.5 Å². The van der Waals surface area contributed by atoms with Gasteiger partial charge in [-0.3, -0.25) is 9.36 Å². The zero-order valence-electron chi connectivity index (χ0n) is 25.8. The van der Waals surface area contributed by atoms with Crippen molar-refractivity contribution in [1.82, 2.24) is 9.55 Å². The van der Waals surface area contributed by atoms with Gasteiger partial charge in [0.1, 0.15) is 18.1 Å². The summed E-state index contributed by atoms with van der Waals surface area (Å²) in [5.74, 6) is -0.102. The molecule has 3 atom stereocenters. The van der Waals surface area contributed by atoms with Gasteiger partial charge < -0.3 is 29.0 Å². The standard InChI is InChI=1S/C30H55N3O7/c1-7-11-17-36-22-26(23-37-18-12-8-2)40-29(33-16-15-28(31-25(6)34)32-30(33)35)21-27(39-20-14-10-4)24(5)38-19-13-9-3/h15-16,24,26-27,29H,7-14,17-23H2,1-6H3,(H,31,32,34,35)/t24-,27+,29-/m1/s1. The fraction of sp³-hybridized carbons (Fsp3) is 0.833. The molecule has 0 spiro atoms. The molecule has 0 radical (unpaired) electrons. The van der Waals surface area contributed by atoms with Crippen LogP contribution >= 0.6 is 0 Å². The fourth-order valence-corrected chi connectivity index (χ4v) is 3.88. The number of carbonyl (C=O) groups excluding carboxylic acids is 1. The van der Waals surface area contributed by atoms with Gasteiger partial charge in [0.25, 0.3) is 0 Å². The molecular formula is C30H55N3O7. The van der Waals surface area contributed by atoms with Crippen LogP contribution in [0.3, 0.4) is 0 Å². The molecular weight excluding hydrogens is 514 g/mol. The van der Waals surface area contributed by atoms with Crippen molar-refractivity contribution in [3.63, 3.8) is 0 Å². The van der Waals surface area contributed by atoms with Gasteiger partial charge in [-0.15, -0.1) is 0 Å². The highest BCUT2D eigenvalue weighted by Crippen LogP contribution is 2.23. The minimum absolute atomic E-state index is 0.196. The van der Waals surface area contributed by atoms with E-state index < -0.39 is 18.0 Å². The van der Waals surface area contributed by atoms with Gasteiger partial charge in [0.15, 0.2) is 0 Å². The molecule has 40 heavy (non-hydrogen) atoms. The van der Waals surface area contributed by atoms with Gasteiger partial charge in [0.05, 0.1) is 25.4 Å². The first-order chi connectivity index (χ1) is 19.4. The second kappa shape index (κ2) is 22.8. The SMILES string of the molecule is CCCCOCC(COCCCC)O[C@H](C[C@H](OCCCC)[C@@H](C)OCCCC)n1ccc(NC(C)=O)nc1=O. The van der Waals surface area contributed by atoms with Crippen LogP contribution in [0.5, 0.6) is 0 Å². The number of nitrogens with one attached hydrogen (secondary N) is 1. The summed E-state index contributed by atoms with van der Waals surface area (Å²) in [6.45, 7) is 15.1. The van der Waals surface area contributed by atoms with E-state index in [1.165, 1.54) is 11.5 Å². The van der Waals surface area contributed by atoms with Crippen molar-refractivity contribution in [1.29, 1.82) is 0 Å². The number of unbranched alkanes of at least 4 members (excludes halogenated alkanes) is 4. The van der Waals surface area contributed by atoms with Crippen molar-refractivity contribution in [2.75, 3.05) is 45.0 Å². The third-order valence-corrected chi connectivity index (χ3v) is 6.35. The molecule has 10 nitrogen and oxygen atoms in total. The second-order valence-corrected chi connectivity index (χ2v) is 10.2. The lowest BCUT2D eigenvalue weighted by atomic mass is 10.1. The van der Waals surface area contributed by atoms with E-state index in [0.717, 1.165) is 51.4 Å². The lowest BCUT2D eigenvalue weighted by molar-refractivity contribution is -0.147. The Labute approximate surface area is 241 Å². The Morgan fingerprint density at radius 3 is 1.98 bits per heavy atom. The zero-order chi connectivity index (χ0) is 29.6. The molecule has 0 aliphatic rings. The lowest BCUT2D eigenvalue weighted by Crippen LogP contribution is -2.39. The van der Waals surface area contributed by atoms with Gasteiger partial charge in [-0.1, -0.05) is 53.4 Å². The van der Waals surface area contributed by atoms with E-state index >= 15 is 0 Å². The van der Waals surface area contributed by atoms with Gasteiger partial charge in [-0.2, -0.15) is 4.98 Å². The first-order valence-electron chi connectivity index (χ1n) is 15.3. The van der Waals surface area contributed by atoms with Crippen LogP contribution in [0.25, 0.3) is 0 Å². The number of carbonyl (C=O) groups is 1. The largest absolute Gasteiger partial charge is 0.379 e. The third-order valence-electron chi connectivity index (χ3n) is 6.35. The van der Waals surface area contributed by atoms with Gasteiger partial charge in [0, 0.05) is 46.0 Å². The maximum Gasteiger partial charge on any atom is 0.351 e. The molecule has 0 saturated carbocycles. The molecule has 1 N–H and O–H groups in total. The number of rotatable bonds is 25. The van der Waals surface area contributed by atoms with E-state index in [1.807, 2.05) is 6.92 Å². The first kappa shape index (κ1) is 36.2. The summed E-state index contributed by atoms with van der Waals surface area (Å²) >= 11 is 0. The number of anilines is 1. The molecule has 1 aromatic heterocycles. The average Bonchev–Trinajstić information content (AvgIpc) is 2.92. The van der Waals surface area contributed by atoms with Crippen LogP contribution in [0.1, 0.15) is 106 Å². The van der Waals surface area contributed by atoms with Crippen LogP contribution in [-0.4, -0.2) is 73.4 Å². The van der Waals surface area contributed by atoms with E-state index in [-0.39, 0.29) is 23.9 Å². The fourth-order valence-electron chi connectivity index (χ4n) is 3.88. The molecule has 1 rings (SSSR count). The maximum absolute atomic E-state index is 13.2. The Kier molecular flexibility index (Phi) is 20.6. The second-order valence-electron chi connectivity index (χ2n) is 10.2. The highest BCUT2D eigenvalue weighted by atomic mass is 16.6. The summed E-state index contributed by atoms with van der Waals surface area (Å²) in [5, 5.41) is 2.57. The molecule has 0 fully saturated rings. The summed E-state index contributed by atoms with van der Waals surface area (Å²) in [4.78, 5) is 28.7. The van der Waals surface area contributed by atoms with Crippen molar-refractivity contribution in [2.24, 2.45) is 0 Å². The molecule has 0 unspecified atom stereocenters. The summed E-state index contributed by atoms with van der Waals surface area (Å²) in [6, 6.07) is 1.60. The van der Waals surface area contributed by atoms with Gasteiger partial charge in [0.2, 0.25) is 5.91 Å². The predicted octanol–water partition coefficient (Wildman–Crippen LogP) is 5.50. The average molecular weight is 570 g/mol. The Hall–Kier alpha value is -1.85. The normalized spacial score (nSPS) is 13.9. The third kappa shape index (κ3) is 15.8. The first-order valence-corrected chi connectivity index (χ1v) is 15.3.